The van der Waals surface area contributed by atoms with Crippen LogP contribution in [0.5, 0.6) is 0 Å². The minimum Gasteiger partial charge on any atom is -0.322 e. The van der Waals surface area contributed by atoms with Crippen LogP contribution in [-0.4, -0.2) is 41.7 Å². The predicted octanol–water partition coefficient (Wildman–Crippen LogP) is -0.827. The third-order valence-corrected chi connectivity index (χ3v) is 1.79. The Hall–Kier alpha value is -1.59. The Balaban J connectivity index is 2.92. The lowest BCUT2D eigenvalue weighted by Crippen LogP contribution is -2.51. The summed E-state index contributed by atoms with van der Waals surface area (Å²) < 4.78 is 0. The smallest absolute Gasteiger partial charge is 0.322 e. The van der Waals surface area contributed by atoms with Crippen molar-refractivity contribution in [3.63, 3.8) is 0 Å². The van der Waals surface area contributed by atoms with Crippen molar-refractivity contribution in [3.8, 4) is 0 Å². The lowest BCUT2D eigenvalue weighted by molar-refractivity contribution is -0.127. The van der Waals surface area contributed by atoms with Crippen LogP contribution in [-0.2, 0) is 4.79 Å². The van der Waals surface area contributed by atoms with E-state index in [2.05, 4.69) is 5.10 Å². The van der Waals surface area contributed by atoms with E-state index in [0.29, 0.717) is 5.84 Å². The van der Waals surface area contributed by atoms with E-state index < -0.39 is 6.03 Å². The number of rotatable bonds is 0. The average molecular weight is 170 g/mol. The Morgan fingerprint density at radius 2 is 1.92 bits per heavy atom. The SMILES string of the molecule is CN1C(=O)CC(=NN)N(C)C1=O. The number of hydrogen-bond acceptors (Lipinski definition) is 4. The van der Waals surface area contributed by atoms with Gasteiger partial charge in [0.05, 0.1) is 6.42 Å². The molecule has 1 saturated heterocycles. The first-order valence-electron chi connectivity index (χ1n) is 3.39. The zero-order valence-electron chi connectivity index (χ0n) is 6.94. The lowest BCUT2D eigenvalue weighted by atomic mass is 10.3. The number of amides is 3. The van der Waals surface area contributed by atoms with Crippen molar-refractivity contribution in [2.45, 2.75) is 6.42 Å². The molecule has 6 nitrogen and oxygen atoms in total. The lowest BCUT2D eigenvalue weighted by Gasteiger charge is -2.29. The highest BCUT2D eigenvalue weighted by Gasteiger charge is 2.31. The first kappa shape index (κ1) is 8.51. The van der Waals surface area contributed by atoms with Crippen LogP contribution in [0.3, 0.4) is 0 Å². The second-order valence-corrected chi connectivity index (χ2v) is 2.52. The number of nitrogens with zero attached hydrogens (tertiary/aromatic N) is 3. The summed E-state index contributed by atoms with van der Waals surface area (Å²) in [7, 11) is 2.95. The highest BCUT2D eigenvalue weighted by atomic mass is 16.2. The molecule has 0 bridgehead atoms. The van der Waals surface area contributed by atoms with Crippen LogP contribution in [0.2, 0.25) is 0 Å². The van der Waals surface area contributed by atoms with E-state index in [1.165, 1.54) is 19.0 Å². The molecule has 1 aliphatic rings. The topological polar surface area (TPSA) is 79.0 Å². The van der Waals surface area contributed by atoms with E-state index >= 15 is 0 Å². The van der Waals surface area contributed by atoms with E-state index in [0.717, 1.165) is 4.90 Å². The molecular weight excluding hydrogens is 160 g/mol. The van der Waals surface area contributed by atoms with Gasteiger partial charge >= 0.3 is 6.03 Å². The summed E-state index contributed by atoms with van der Waals surface area (Å²) in [5.41, 5.74) is 0. The van der Waals surface area contributed by atoms with E-state index in [9.17, 15) is 9.59 Å². The molecule has 0 aromatic heterocycles. The molecule has 2 N–H and O–H groups in total. The van der Waals surface area contributed by atoms with Crippen LogP contribution in [0.4, 0.5) is 4.79 Å². The third kappa shape index (κ3) is 1.11. The minimum absolute atomic E-state index is 0.0786. The molecule has 0 unspecified atom stereocenters. The fourth-order valence-electron chi connectivity index (χ4n) is 0.947. The summed E-state index contributed by atoms with van der Waals surface area (Å²) >= 11 is 0. The number of imide groups is 1. The van der Waals surface area contributed by atoms with E-state index in [4.69, 9.17) is 5.84 Å². The molecule has 0 radical (unpaired) electrons. The second-order valence-electron chi connectivity index (χ2n) is 2.52. The molecule has 1 aliphatic heterocycles. The van der Waals surface area contributed by atoms with Gasteiger partial charge in [0.15, 0.2) is 0 Å². The van der Waals surface area contributed by atoms with Crippen molar-refractivity contribution in [1.82, 2.24) is 9.80 Å². The quantitative estimate of drug-likeness (QED) is 0.380. The number of hydrazone groups is 1. The third-order valence-electron chi connectivity index (χ3n) is 1.79. The van der Waals surface area contributed by atoms with Gasteiger partial charge in [-0.05, 0) is 0 Å². The molecule has 3 amide bonds. The van der Waals surface area contributed by atoms with Gasteiger partial charge in [0, 0.05) is 14.1 Å². The zero-order valence-corrected chi connectivity index (χ0v) is 6.94. The van der Waals surface area contributed by atoms with Crippen LogP contribution in [0.15, 0.2) is 5.10 Å². The van der Waals surface area contributed by atoms with Crippen molar-refractivity contribution in [2.24, 2.45) is 10.9 Å². The van der Waals surface area contributed by atoms with E-state index in [-0.39, 0.29) is 12.3 Å². The van der Waals surface area contributed by atoms with Gasteiger partial charge in [-0.15, -0.1) is 0 Å². The van der Waals surface area contributed by atoms with Gasteiger partial charge in [-0.1, -0.05) is 0 Å². The molecule has 1 fully saturated rings. The summed E-state index contributed by atoms with van der Waals surface area (Å²) in [5.74, 6) is 4.99. The molecule has 12 heavy (non-hydrogen) atoms. The second kappa shape index (κ2) is 2.80. The first-order chi connectivity index (χ1) is 5.57. The molecule has 0 aliphatic carbocycles. The summed E-state index contributed by atoms with van der Waals surface area (Å²) in [6, 6.07) is -0.407. The summed E-state index contributed by atoms with van der Waals surface area (Å²) in [4.78, 5) is 24.5. The van der Waals surface area contributed by atoms with E-state index in [1.54, 1.807) is 0 Å². The first-order valence-corrected chi connectivity index (χ1v) is 3.39. The maximum Gasteiger partial charge on any atom is 0.331 e. The number of amidine groups is 1. The Morgan fingerprint density at radius 3 is 2.42 bits per heavy atom. The van der Waals surface area contributed by atoms with Gasteiger partial charge in [-0.2, -0.15) is 5.10 Å². The van der Waals surface area contributed by atoms with Crippen molar-refractivity contribution in [3.05, 3.63) is 0 Å². The zero-order chi connectivity index (χ0) is 9.30. The maximum atomic E-state index is 11.2. The van der Waals surface area contributed by atoms with Crippen molar-refractivity contribution in [2.75, 3.05) is 14.1 Å². The minimum atomic E-state index is -0.407. The molecule has 0 atom stereocenters. The average Bonchev–Trinajstić information content (AvgIpc) is 2.08. The maximum absolute atomic E-state index is 11.2. The van der Waals surface area contributed by atoms with Crippen molar-refractivity contribution in [1.29, 1.82) is 0 Å². The van der Waals surface area contributed by atoms with Crippen molar-refractivity contribution >= 4 is 17.8 Å². The van der Waals surface area contributed by atoms with E-state index in [1.807, 2.05) is 0 Å². The van der Waals surface area contributed by atoms with Gasteiger partial charge in [0.1, 0.15) is 5.84 Å². The Bertz CT molecular complexity index is 260. The van der Waals surface area contributed by atoms with Crippen LogP contribution in [0.1, 0.15) is 6.42 Å². The highest BCUT2D eigenvalue weighted by molar-refractivity contribution is 6.15. The van der Waals surface area contributed by atoms with Crippen LogP contribution in [0, 0.1) is 0 Å². The Kier molecular flexibility index (Phi) is 1.99. The summed E-state index contributed by atoms with van der Waals surface area (Å²) in [5, 5.41) is 3.34. The number of urea groups is 1. The van der Waals surface area contributed by atoms with Gasteiger partial charge < -0.3 is 5.84 Å². The molecule has 1 heterocycles. The number of nitrogens with two attached hydrogens (primary N) is 1. The largest absolute Gasteiger partial charge is 0.331 e. The van der Waals surface area contributed by atoms with Gasteiger partial charge in [-0.3, -0.25) is 14.6 Å². The molecular formula is C6H10N4O2. The molecule has 1 rings (SSSR count). The summed E-state index contributed by atoms with van der Waals surface area (Å²) in [6.07, 6.45) is 0.0786. The molecule has 66 valence electrons. The summed E-state index contributed by atoms with van der Waals surface area (Å²) in [6.45, 7) is 0. The highest BCUT2D eigenvalue weighted by Crippen LogP contribution is 2.08. The fraction of sp³-hybridized carbons (Fsp3) is 0.500. The monoisotopic (exact) mass is 170 g/mol. The molecule has 0 aromatic carbocycles. The van der Waals surface area contributed by atoms with Crippen LogP contribution < -0.4 is 5.84 Å². The molecule has 0 aromatic rings. The normalized spacial score (nSPS) is 22.3. The molecule has 6 heteroatoms. The Labute approximate surface area is 69.6 Å². The van der Waals surface area contributed by atoms with Crippen molar-refractivity contribution < 1.29 is 9.59 Å². The number of carbonyl (C=O) groups excluding carboxylic acids is 2. The Morgan fingerprint density at radius 1 is 1.33 bits per heavy atom. The number of hydrogen-bond donors (Lipinski definition) is 1. The standard InChI is InChI=1S/C6H10N4O2/c1-9-4(8-7)3-5(11)10(2)6(9)12/h3,7H2,1-2H3. The van der Waals surface area contributed by atoms with Crippen LogP contribution >= 0.6 is 0 Å². The molecule has 0 saturated carbocycles. The van der Waals surface area contributed by atoms with Gasteiger partial charge in [-0.25, -0.2) is 4.79 Å². The predicted molar refractivity (Wildman–Crippen MR) is 42.2 cm³/mol. The van der Waals surface area contributed by atoms with Crippen LogP contribution in [0.25, 0.3) is 0 Å². The number of carbonyl (C=O) groups is 2. The van der Waals surface area contributed by atoms with Gasteiger partial charge in [0.2, 0.25) is 5.91 Å². The fourth-order valence-corrected chi connectivity index (χ4v) is 0.947. The molecule has 0 spiro atoms. The van der Waals surface area contributed by atoms with Gasteiger partial charge in [0.25, 0.3) is 0 Å².